The van der Waals surface area contributed by atoms with Crippen molar-refractivity contribution in [3.63, 3.8) is 0 Å². The van der Waals surface area contributed by atoms with Crippen LogP contribution in [0, 0.1) is 0 Å². The van der Waals surface area contributed by atoms with E-state index in [2.05, 4.69) is 4.90 Å². The Labute approximate surface area is 155 Å². The van der Waals surface area contributed by atoms with E-state index < -0.39 is 5.54 Å². The van der Waals surface area contributed by atoms with E-state index in [4.69, 9.17) is 0 Å². The zero-order valence-electron chi connectivity index (χ0n) is 15.9. The molecule has 0 bridgehead atoms. The van der Waals surface area contributed by atoms with E-state index in [-0.39, 0.29) is 11.9 Å². The van der Waals surface area contributed by atoms with Gasteiger partial charge in [-0.25, -0.2) is 4.79 Å². The minimum Gasteiger partial charge on any atom is -0.310 e. The standard InChI is InChI=1S/C18H32N4O2S/c1-4-22-17(24)21(12-11-19(2)3)16(23)18(22)7-9-20(10-8-18)15-5-13-25-14-6-15/h15H,4-14H2,1-3H3. The van der Waals surface area contributed by atoms with Crippen molar-refractivity contribution >= 4 is 23.7 Å². The summed E-state index contributed by atoms with van der Waals surface area (Å²) in [4.78, 5) is 33.9. The highest BCUT2D eigenvalue weighted by Crippen LogP contribution is 2.38. The number of hydrogen-bond acceptors (Lipinski definition) is 5. The number of hydrogen-bond donors (Lipinski definition) is 0. The molecule has 0 unspecified atom stereocenters. The Bertz CT molecular complexity index is 499. The monoisotopic (exact) mass is 368 g/mol. The Hall–Kier alpha value is -0.790. The second kappa shape index (κ2) is 7.84. The smallest absolute Gasteiger partial charge is 0.310 e. The van der Waals surface area contributed by atoms with Crippen molar-refractivity contribution in [2.24, 2.45) is 0 Å². The van der Waals surface area contributed by atoms with Crippen molar-refractivity contribution in [2.75, 3.05) is 58.3 Å². The number of amides is 3. The number of likely N-dealkylation sites (tertiary alicyclic amines) is 1. The molecule has 0 aromatic rings. The SMILES string of the molecule is CCN1C(=O)N(CCN(C)C)C(=O)C12CCN(C1CCSCC1)CC2. The van der Waals surface area contributed by atoms with Crippen molar-refractivity contribution in [3.05, 3.63) is 0 Å². The first kappa shape index (κ1) is 19.0. The third-order valence-corrected chi connectivity index (χ3v) is 7.09. The van der Waals surface area contributed by atoms with Crippen molar-refractivity contribution < 1.29 is 9.59 Å². The molecular formula is C18H32N4O2S. The highest BCUT2D eigenvalue weighted by atomic mass is 32.2. The molecular weight excluding hydrogens is 336 g/mol. The minimum absolute atomic E-state index is 0.0417. The topological polar surface area (TPSA) is 47.1 Å². The molecule has 6 nitrogen and oxygen atoms in total. The first-order chi connectivity index (χ1) is 12.0. The molecule has 0 radical (unpaired) electrons. The summed E-state index contributed by atoms with van der Waals surface area (Å²) in [5.74, 6) is 2.55. The number of imide groups is 1. The Balaban J connectivity index is 1.69. The Kier molecular flexibility index (Phi) is 5.96. The van der Waals surface area contributed by atoms with Crippen molar-refractivity contribution in [3.8, 4) is 0 Å². The second-order valence-corrected chi connectivity index (χ2v) is 8.92. The predicted molar refractivity (Wildman–Crippen MR) is 102 cm³/mol. The van der Waals surface area contributed by atoms with E-state index in [0.29, 0.717) is 19.1 Å². The van der Waals surface area contributed by atoms with Crippen LogP contribution in [-0.4, -0.2) is 101 Å². The lowest BCUT2D eigenvalue weighted by atomic mass is 9.85. The number of carbonyl (C=O) groups is 2. The summed E-state index contributed by atoms with van der Waals surface area (Å²) in [5.41, 5.74) is -0.585. The fourth-order valence-corrected chi connectivity index (χ4v) is 5.59. The quantitative estimate of drug-likeness (QED) is 0.689. The summed E-state index contributed by atoms with van der Waals surface area (Å²) in [6.07, 6.45) is 4.09. The Morgan fingerprint density at radius 3 is 2.36 bits per heavy atom. The highest BCUT2D eigenvalue weighted by Gasteiger charge is 2.57. The number of nitrogens with zero attached hydrogens (tertiary/aromatic N) is 4. The van der Waals surface area contributed by atoms with Gasteiger partial charge in [0.15, 0.2) is 0 Å². The molecule has 1 spiro atoms. The van der Waals surface area contributed by atoms with Crippen LogP contribution in [0.25, 0.3) is 0 Å². The first-order valence-electron chi connectivity index (χ1n) is 9.59. The van der Waals surface area contributed by atoms with Crippen LogP contribution in [0.15, 0.2) is 0 Å². The van der Waals surface area contributed by atoms with Crippen LogP contribution >= 0.6 is 11.8 Å². The van der Waals surface area contributed by atoms with Gasteiger partial charge in [-0.2, -0.15) is 11.8 Å². The van der Waals surface area contributed by atoms with Crippen LogP contribution < -0.4 is 0 Å². The van der Waals surface area contributed by atoms with Gasteiger partial charge < -0.3 is 14.7 Å². The van der Waals surface area contributed by atoms with Crippen LogP contribution in [-0.2, 0) is 4.79 Å². The maximum atomic E-state index is 13.2. The largest absolute Gasteiger partial charge is 0.327 e. The van der Waals surface area contributed by atoms with Gasteiger partial charge in [0, 0.05) is 38.8 Å². The van der Waals surface area contributed by atoms with Gasteiger partial charge in [-0.3, -0.25) is 9.69 Å². The summed E-state index contributed by atoms with van der Waals surface area (Å²) in [6, 6.07) is 0.586. The van der Waals surface area contributed by atoms with Gasteiger partial charge in [0.2, 0.25) is 0 Å². The third kappa shape index (κ3) is 3.55. The van der Waals surface area contributed by atoms with Gasteiger partial charge in [0.05, 0.1) is 0 Å². The van der Waals surface area contributed by atoms with Crippen molar-refractivity contribution in [2.45, 2.75) is 44.2 Å². The zero-order chi connectivity index (χ0) is 18.0. The van der Waals surface area contributed by atoms with Gasteiger partial charge in [0.1, 0.15) is 5.54 Å². The van der Waals surface area contributed by atoms with Gasteiger partial charge in [-0.05, 0) is 58.2 Å². The van der Waals surface area contributed by atoms with E-state index in [1.54, 1.807) is 0 Å². The third-order valence-electron chi connectivity index (χ3n) is 6.04. The molecule has 3 rings (SSSR count). The molecule has 25 heavy (non-hydrogen) atoms. The van der Waals surface area contributed by atoms with Crippen LogP contribution in [0.2, 0.25) is 0 Å². The lowest BCUT2D eigenvalue weighted by molar-refractivity contribution is -0.136. The Morgan fingerprint density at radius 1 is 1.16 bits per heavy atom. The lowest BCUT2D eigenvalue weighted by Gasteiger charge is -2.45. The lowest BCUT2D eigenvalue weighted by Crippen LogP contribution is -2.58. The molecule has 3 aliphatic rings. The molecule has 3 amide bonds. The molecule has 3 fully saturated rings. The fourth-order valence-electron chi connectivity index (χ4n) is 4.51. The summed E-state index contributed by atoms with van der Waals surface area (Å²) in [6.45, 7) is 5.69. The summed E-state index contributed by atoms with van der Waals surface area (Å²) in [7, 11) is 3.94. The summed E-state index contributed by atoms with van der Waals surface area (Å²) < 4.78 is 0. The average molecular weight is 369 g/mol. The maximum absolute atomic E-state index is 13.2. The van der Waals surface area contributed by atoms with E-state index in [0.717, 1.165) is 32.5 Å². The van der Waals surface area contributed by atoms with Gasteiger partial charge in [-0.15, -0.1) is 0 Å². The van der Waals surface area contributed by atoms with Crippen LogP contribution in [0.4, 0.5) is 4.79 Å². The van der Waals surface area contributed by atoms with E-state index >= 15 is 0 Å². The fraction of sp³-hybridized carbons (Fsp3) is 0.889. The first-order valence-corrected chi connectivity index (χ1v) is 10.7. The second-order valence-electron chi connectivity index (χ2n) is 7.70. The number of urea groups is 1. The highest BCUT2D eigenvalue weighted by molar-refractivity contribution is 7.99. The van der Waals surface area contributed by atoms with E-state index in [9.17, 15) is 9.59 Å². The number of carbonyl (C=O) groups excluding carboxylic acids is 2. The van der Waals surface area contributed by atoms with E-state index in [1.165, 1.54) is 29.2 Å². The average Bonchev–Trinajstić information content (AvgIpc) is 2.81. The van der Waals surface area contributed by atoms with Crippen LogP contribution in [0.5, 0.6) is 0 Å². The molecule has 3 aliphatic heterocycles. The van der Waals surface area contributed by atoms with Gasteiger partial charge in [-0.1, -0.05) is 0 Å². The maximum Gasteiger partial charge on any atom is 0.327 e. The molecule has 142 valence electrons. The molecule has 0 saturated carbocycles. The van der Waals surface area contributed by atoms with E-state index in [1.807, 2.05) is 42.6 Å². The molecule has 3 heterocycles. The number of rotatable bonds is 5. The number of piperidine rings is 1. The predicted octanol–water partition coefficient (Wildman–Crippen LogP) is 1.56. The molecule has 0 N–H and O–H groups in total. The van der Waals surface area contributed by atoms with Crippen LogP contribution in [0.1, 0.15) is 32.6 Å². The number of likely N-dealkylation sites (N-methyl/N-ethyl adjacent to an activating group) is 2. The van der Waals surface area contributed by atoms with Crippen molar-refractivity contribution in [1.29, 1.82) is 0 Å². The molecule has 7 heteroatoms. The summed E-state index contributed by atoms with van der Waals surface area (Å²) >= 11 is 2.05. The molecule has 0 aromatic carbocycles. The van der Waals surface area contributed by atoms with Gasteiger partial charge >= 0.3 is 6.03 Å². The molecule has 0 atom stereocenters. The van der Waals surface area contributed by atoms with Gasteiger partial charge in [0.25, 0.3) is 5.91 Å². The Morgan fingerprint density at radius 2 is 1.80 bits per heavy atom. The minimum atomic E-state index is -0.585. The molecule has 0 aliphatic carbocycles. The van der Waals surface area contributed by atoms with Crippen LogP contribution in [0.3, 0.4) is 0 Å². The normalized spacial score (nSPS) is 25.6. The molecule has 0 aromatic heterocycles. The zero-order valence-corrected chi connectivity index (χ0v) is 16.7. The number of thioether (sulfide) groups is 1. The van der Waals surface area contributed by atoms with Crippen molar-refractivity contribution in [1.82, 2.24) is 19.6 Å². The summed E-state index contributed by atoms with van der Waals surface area (Å²) in [5, 5.41) is 0. The molecule has 3 saturated heterocycles.